The summed E-state index contributed by atoms with van der Waals surface area (Å²) in [5.74, 6) is 1.11. The van der Waals surface area contributed by atoms with Gasteiger partial charge in [0.25, 0.3) is 10.2 Å². The molecule has 0 spiro atoms. The Morgan fingerprint density at radius 2 is 1.68 bits per heavy atom. The Kier molecular flexibility index (Phi) is 5.11. The van der Waals surface area contributed by atoms with Gasteiger partial charge in [-0.2, -0.15) is 17.0 Å². The van der Waals surface area contributed by atoms with Crippen molar-refractivity contribution in [3.63, 3.8) is 0 Å². The number of likely N-dealkylation sites (N-methyl/N-ethyl adjacent to an activating group) is 1. The third-order valence-corrected chi connectivity index (χ3v) is 6.74. The summed E-state index contributed by atoms with van der Waals surface area (Å²) in [6.45, 7) is 2.48. The maximum atomic E-state index is 12.6. The van der Waals surface area contributed by atoms with Gasteiger partial charge in [0.05, 0.1) is 0 Å². The number of nitrogens with zero attached hydrogens (tertiary/aromatic N) is 3. The van der Waals surface area contributed by atoms with Crippen LogP contribution in [0, 0.1) is 5.92 Å². The molecule has 0 aromatic heterocycles. The summed E-state index contributed by atoms with van der Waals surface area (Å²) in [5, 5.41) is 0. The van der Waals surface area contributed by atoms with Crippen LogP contribution in [0.2, 0.25) is 0 Å². The molecule has 2 aliphatic heterocycles. The Balaban J connectivity index is 1.96. The Morgan fingerprint density at radius 1 is 1.11 bits per heavy atom. The van der Waals surface area contributed by atoms with Crippen molar-refractivity contribution in [2.75, 3.05) is 46.2 Å². The van der Waals surface area contributed by atoms with E-state index < -0.39 is 10.2 Å². The van der Waals surface area contributed by atoms with Crippen LogP contribution in [0.5, 0.6) is 0 Å². The van der Waals surface area contributed by atoms with Crippen LogP contribution in [-0.2, 0) is 10.2 Å². The quantitative estimate of drug-likeness (QED) is 0.722. The Bertz CT molecular complexity index is 394. The van der Waals surface area contributed by atoms with Crippen LogP contribution in [0.15, 0.2) is 0 Å². The van der Waals surface area contributed by atoms with E-state index in [1.54, 1.807) is 8.61 Å². The molecule has 2 heterocycles. The molecule has 0 aromatic carbocycles. The van der Waals surface area contributed by atoms with E-state index in [9.17, 15) is 8.42 Å². The SMILES string of the molecule is CN(C)C1CCN(S(=O)(=O)N2CCC(CCl)CC2)C1. The first-order valence-corrected chi connectivity index (χ1v) is 8.86. The predicted molar refractivity (Wildman–Crippen MR) is 77.6 cm³/mol. The van der Waals surface area contributed by atoms with Gasteiger partial charge in [-0.1, -0.05) is 0 Å². The molecule has 2 rings (SSSR count). The van der Waals surface area contributed by atoms with Gasteiger partial charge in [-0.15, -0.1) is 11.6 Å². The monoisotopic (exact) mass is 309 g/mol. The molecule has 0 aliphatic carbocycles. The summed E-state index contributed by atoms with van der Waals surface area (Å²) in [6, 6.07) is 0.343. The third-order valence-electron chi connectivity index (χ3n) is 4.30. The number of piperidine rings is 1. The minimum absolute atomic E-state index is 0.343. The number of rotatable bonds is 4. The van der Waals surface area contributed by atoms with E-state index >= 15 is 0 Å². The van der Waals surface area contributed by atoms with Gasteiger partial charge < -0.3 is 4.90 Å². The summed E-state index contributed by atoms with van der Waals surface area (Å²) >= 11 is 5.84. The molecule has 0 amide bonds. The van der Waals surface area contributed by atoms with E-state index in [0.29, 0.717) is 44.0 Å². The lowest BCUT2D eigenvalue weighted by Gasteiger charge is -2.33. The summed E-state index contributed by atoms with van der Waals surface area (Å²) < 4.78 is 28.4. The number of hydrogen-bond donors (Lipinski definition) is 0. The highest BCUT2D eigenvalue weighted by atomic mass is 35.5. The van der Waals surface area contributed by atoms with Gasteiger partial charge in [-0.25, -0.2) is 0 Å². The van der Waals surface area contributed by atoms with Crippen LogP contribution in [0.4, 0.5) is 0 Å². The highest BCUT2D eigenvalue weighted by Gasteiger charge is 2.37. The summed E-state index contributed by atoms with van der Waals surface area (Å²) in [5.41, 5.74) is 0. The zero-order chi connectivity index (χ0) is 14.0. The van der Waals surface area contributed by atoms with Crippen LogP contribution in [0.3, 0.4) is 0 Å². The molecular formula is C12H24ClN3O2S. The number of halogens is 1. The first kappa shape index (κ1) is 15.5. The average Bonchev–Trinajstić information content (AvgIpc) is 2.89. The van der Waals surface area contributed by atoms with E-state index in [-0.39, 0.29) is 0 Å². The smallest absolute Gasteiger partial charge is 0.282 e. The van der Waals surface area contributed by atoms with Crippen molar-refractivity contribution in [1.82, 2.24) is 13.5 Å². The van der Waals surface area contributed by atoms with Crippen LogP contribution >= 0.6 is 11.6 Å². The second kappa shape index (κ2) is 6.26. The minimum Gasteiger partial charge on any atom is -0.305 e. The summed E-state index contributed by atoms with van der Waals surface area (Å²) in [7, 11) is 0.750. The molecule has 1 unspecified atom stereocenters. The van der Waals surface area contributed by atoms with Gasteiger partial charge in [0.1, 0.15) is 0 Å². The molecule has 5 nitrogen and oxygen atoms in total. The van der Waals surface area contributed by atoms with E-state index in [0.717, 1.165) is 19.3 Å². The fourth-order valence-corrected chi connectivity index (χ4v) is 4.80. The molecule has 0 bridgehead atoms. The molecule has 0 N–H and O–H groups in total. The minimum atomic E-state index is -3.26. The Hall–Kier alpha value is 0.120. The summed E-state index contributed by atoms with van der Waals surface area (Å²) in [4.78, 5) is 2.11. The van der Waals surface area contributed by atoms with E-state index in [1.165, 1.54) is 0 Å². The second-order valence-corrected chi connectivity index (χ2v) is 8.01. The molecule has 112 valence electrons. The van der Waals surface area contributed by atoms with Gasteiger partial charge in [0, 0.05) is 38.1 Å². The van der Waals surface area contributed by atoms with Crippen LogP contribution in [0.1, 0.15) is 19.3 Å². The predicted octanol–water partition coefficient (Wildman–Crippen LogP) is 0.818. The summed E-state index contributed by atoms with van der Waals surface area (Å²) in [6.07, 6.45) is 2.69. The lowest BCUT2D eigenvalue weighted by Crippen LogP contribution is -2.47. The standard InChI is InChI=1S/C12H24ClN3O2S/c1-14(2)12-5-8-16(10-12)19(17,18)15-6-3-11(9-13)4-7-15/h11-12H,3-10H2,1-2H3. The van der Waals surface area contributed by atoms with Crippen molar-refractivity contribution < 1.29 is 8.42 Å². The zero-order valence-electron chi connectivity index (χ0n) is 11.8. The fourth-order valence-electron chi connectivity index (χ4n) is 2.80. The Labute approximate surface area is 121 Å². The van der Waals surface area contributed by atoms with Crippen LogP contribution in [-0.4, -0.2) is 74.1 Å². The van der Waals surface area contributed by atoms with Gasteiger partial charge >= 0.3 is 0 Å². The molecule has 2 saturated heterocycles. The maximum absolute atomic E-state index is 12.6. The van der Waals surface area contributed by atoms with E-state index in [2.05, 4.69) is 4.90 Å². The van der Waals surface area contributed by atoms with Gasteiger partial charge in [0.15, 0.2) is 0 Å². The number of hydrogen-bond acceptors (Lipinski definition) is 3. The third kappa shape index (κ3) is 3.42. The van der Waals surface area contributed by atoms with Crippen molar-refractivity contribution in [3.05, 3.63) is 0 Å². The normalized spacial score (nSPS) is 28.3. The van der Waals surface area contributed by atoms with Crippen molar-refractivity contribution in [2.24, 2.45) is 5.92 Å². The van der Waals surface area contributed by atoms with E-state index in [1.807, 2.05) is 14.1 Å². The molecule has 19 heavy (non-hydrogen) atoms. The molecule has 1 atom stereocenters. The van der Waals surface area contributed by atoms with Crippen molar-refractivity contribution in [1.29, 1.82) is 0 Å². The van der Waals surface area contributed by atoms with Crippen LogP contribution < -0.4 is 0 Å². The fraction of sp³-hybridized carbons (Fsp3) is 1.00. The van der Waals surface area contributed by atoms with Gasteiger partial charge in [-0.05, 0) is 39.3 Å². The average molecular weight is 310 g/mol. The largest absolute Gasteiger partial charge is 0.305 e. The van der Waals surface area contributed by atoms with E-state index in [4.69, 9.17) is 11.6 Å². The first-order chi connectivity index (χ1) is 8.95. The molecule has 2 fully saturated rings. The van der Waals surface area contributed by atoms with Gasteiger partial charge in [-0.3, -0.25) is 0 Å². The highest BCUT2D eigenvalue weighted by Crippen LogP contribution is 2.25. The van der Waals surface area contributed by atoms with Crippen molar-refractivity contribution in [2.45, 2.75) is 25.3 Å². The van der Waals surface area contributed by atoms with Crippen molar-refractivity contribution in [3.8, 4) is 0 Å². The highest BCUT2D eigenvalue weighted by molar-refractivity contribution is 7.86. The van der Waals surface area contributed by atoms with Crippen LogP contribution in [0.25, 0.3) is 0 Å². The maximum Gasteiger partial charge on any atom is 0.282 e. The molecule has 0 saturated carbocycles. The first-order valence-electron chi connectivity index (χ1n) is 6.92. The molecular weight excluding hydrogens is 286 g/mol. The molecule has 7 heteroatoms. The zero-order valence-corrected chi connectivity index (χ0v) is 13.3. The lowest BCUT2D eigenvalue weighted by molar-refractivity contribution is 0.264. The molecule has 0 radical (unpaired) electrons. The van der Waals surface area contributed by atoms with Crippen molar-refractivity contribution >= 4 is 21.8 Å². The second-order valence-electron chi connectivity index (χ2n) is 5.77. The lowest BCUT2D eigenvalue weighted by atomic mass is 10.0. The Morgan fingerprint density at radius 3 is 2.16 bits per heavy atom. The van der Waals surface area contributed by atoms with Gasteiger partial charge in [0.2, 0.25) is 0 Å². The number of alkyl halides is 1. The molecule has 2 aliphatic rings. The topological polar surface area (TPSA) is 43.9 Å². The molecule has 0 aromatic rings.